The first-order valence-electron chi connectivity index (χ1n) is 17.9. The van der Waals surface area contributed by atoms with Gasteiger partial charge in [0.15, 0.2) is 11.5 Å². The molecule has 0 radical (unpaired) electrons. The van der Waals surface area contributed by atoms with Gasteiger partial charge in [0.2, 0.25) is 5.88 Å². The normalized spacial score (nSPS) is 19.4. The summed E-state index contributed by atoms with van der Waals surface area (Å²) in [4.78, 5) is 55.2. The zero-order valence-electron chi connectivity index (χ0n) is 30.6. The van der Waals surface area contributed by atoms with Crippen molar-refractivity contribution in [2.24, 2.45) is 14.1 Å². The van der Waals surface area contributed by atoms with Crippen LogP contribution in [0.5, 0.6) is 5.88 Å². The summed E-state index contributed by atoms with van der Waals surface area (Å²) in [5.74, 6) is -0.617. The van der Waals surface area contributed by atoms with Gasteiger partial charge in [0.25, 0.3) is 12.0 Å². The molecule has 5 aromatic rings. The number of carbonyl (C=O) groups is 1. The number of amides is 2. The number of pyridine rings is 1. The predicted molar refractivity (Wildman–Crippen MR) is 207 cm³/mol. The van der Waals surface area contributed by atoms with Crippen LogP contribution >= 0.6 is 23.2 Å². The van der Waals surface area contributed by atoms with Crippen LogP contribution in [0, 0.1) is 0 Å². The highest BCUT2D eigenvalue weighted by Crippen LogP contribution is 2.47. The standard InChI is InChI=1S/C38H37Cl2F2N9O5/c1-48-33-27(35(53)49(2)37(48)55)31(45-32(46-33)30(41)42)43-23-9-5-7-21(29(23)40)20-6-4-8-22(28(20)39)24-16-19-10-11-25(26(19)34(44-24)56-3)50-13-12-38(17-50)18-51(14-15-52)36(54)47-38/h4-9,16,25,30,52H,10-15,17-18H2,1-3H3,(H,47,54)(H,43,45,46)/t25-,38-/m1/s1. The third-order valence-corrected chi connectivity index (χ3v) is 11.8. The van der Waals surface area contributed by atoms with E-state index in [0.717, 1.165) is 46.1 Å². The molecule has 3 aromatic heterocycles. The molecule has 2 amide bonds. The molecule has 8 rings (SSSR count). The number of carbonyl (C=O) groups excluding carboxylic acids is 1. The van der Waals surface area contributed by atoms with E-state index < -0.39 is 23.5 Å². The minimum absolute atomic E-state index is 0.0503. The zero-order chi connectivity index (χ0) is 39.6. The number of hydrogen-bond acceptors (Lipinski definition) is 10. The average Bonchev–Trinajstić information content (AvgIpc) is 3.89. The van der Waals surface area contributed by atoms with Gasteiger partial charge in [-0.2, -0.15) is 0 Å². The molecule has 2 aromatic carbocycles. The first-order chi connectivity index (χ1) is 26.8. The predicted octanol–water partition coefficient (Wildman–Crippen LogP) is 5.20. The Hall–Kier alpha value is -5.16. The highest BCUT2D eigenvalue weighted by molar-refractivity contribution is 6.39. The summed E-state index contributed by atoms with van der Waals surface area (Å²) in [5, 5.41) is 15.9. The fraction of sp³-hybridized carbons (Fsp3) is 0.368. The number of likely N-dealkylation sites (tertiary alicyclic amines) is 1. The number of anilines is 2. The summed E-state index contributed by atoms with van der Waals surface area (Å²) in [6.45, 7) is 2.24. The van der Waals surface area contributed by atoms with Gasteiger partial charge in [-0.05, 0) is 37.0 Å². The largest absolute Gasteiger partial charge is 0.481 e. The second-order valence-electron chi connectivity index (χ2n) is 14.3. The monoisotopic (exact) mass is 807 g/mol. The maximum absolute atomic E-state index is 13.9. The Morgan fingerprint density at radius 2 is 1.75 bits per heavy atom. The molecule has 0 saturated carbocycles. The molecule has 2 fully saturated rings. The van der Waals surface area contributed by atoms with Crippen molar-refractivity contribution >= 4 is 51.8 Å². The van der Waals surface area contributed by atoms with Gasteiger partial charge >= 0.3 is 11.7 Å². The molecule has 3 N–H and O–H groups in total. The van der Waals surface area contributed by atoms with E-state index in [2.05, 4.69) is 25.5 Å². The van der Waals surface area contributed by atoms with E-state index in [1.807, 2.05) is 18.2 Å². The molecule has 3 aliphatic rings. The van der Waals surface area contributed by atoms with E-state index in [-0.39, 0.29) is 51.8 Å². The Morgan fingerprint density at radius 1 is 1.02 bits per heavy atom. The molecule has 5 heterocycles. The van der Waals surface area contributed by atoms with Gasteiger partial charge in [-0.15, -0.1) is 0 Å². The number of benzene rings is 2. The number of aliphatic hydroxyl groups excluding tert-OH is 1. The van der Waals surface area contributed by atoms with Crippen molar-refractivity contribution in [2.75, 3.05) is 45.2 Å². The van der Waals surface area contributed by atoms with Crippen molar-refractivity contribution in [1.82, 2.24) is 39.2 Å². The van der Waals surface area contributed by atoms with Crippen LogP contribution in [0.4, 0.5) is 25.1 Å². The molecule has 1 spiro atoms. The molecule has 1 aliphatic carbocycles. The molecule has 18 heteroatoms. The molecular weight excluding hydrogens is 771 g/mol. The number of aliphatic hydroxyl groups is 1. The Morgan fingerprint density at radius 3 is 2.48 bits per heavy atom. The molecule has 0 bridgehead atoms. The molecule has 2 atom stereocenters. The van der Waals surface area contributed by atoms with Crippen LogP contribution in [0.25, 0.3) is 33.4 Å². The van der Waals surface area contributed by atoms with Gasteiger partial charge in [0, 0.05) is 68.6 Å². The van der Waals surface area contributed by atoms with Gasteiger partial charge < -0.3 is 25.4 Å². The lowest BCUT2D eigenvalue weighted by Gasteiger charge is -2.28. The summed E-state index contributed by atoms with van der Waals surface area (Å²) in [7, 11) is 4.20. The summed E-state index contributed by atoms with van der Waals surface area (Å²) in [6.07, 6.45) is -0.643. The van der Waals surface area contributed by atoms with Crippen LogP contribution in [0.2, 0.25) is 10.0 Å². The minimum Gasteiger partial charge on any atom is -0.481 e. The number of β-amino-alcohol motifs (C(OH)–C–C–N with tert-alkyl or cyclic N) is 1. The highest BCUT2D eigenvalue weighted by Gasteiger charge is 2.49. The molecule has 0 unspecified atom stereocenters. The van der Waals surface area contributed by atoms with E-state index in [1.54, 1.807) is 36.3 Å². The summed E-state index contributed by atoms with van der Waals surface area (Å²) >= 11 is 14.2. The van der Waals surface area contributed by atoms with Crippen LogP contribution in [0.1, 0.15) is 42.3 Å². The molecule has 14 nitrogen and oxygen atoms in total. The number of aryl methyl sites for hydroxylation is 2. The second kappa shape index (κ2) is 14.4. The number of nitrogens with one attached hydrogen (secondary N) is 2. The number of hydrogen-bond donors (Lipinski definition) is 3. The Balaban J connectivity index is 1.12. The van der Waals surface area contributed by atoms with Crippen LogP contribution in [-0.4, -0.2) is 90.5 Å². The van der Waals surface area contributed by atoms with E-state index in [4.69, 9.17) is 32.9 Å². The zero-order valence-corrected chi connectivity index (χ0v) is 32.1. The van der Waals surface area contributed by atoms with E-state index >= 15 is 0 Å². The lowest BCUT2D eigenvalue weighted by molar-refractivity contribution is 0.141. The van der Waals surface area contributed by atoms with E-state index in [0.29, 0.717) is 52.9 Å². The number of halogens is 4. The first-order valence-corrected chi connectivity index (χ1v) is 18.7. The van der Waals surface area contributed by atoms with Crippen LogP contribution < -0.4 is 26.6 Å². The molecule has 292 valence electrons. The summed E-state index contributed by atoms with van der Waals surface area (Å²) in [5.41, 5.74) is 2.52. The highest BCUT2D eigenvalue weighted by atomic mass is 35.5. The third-order valence-electron chi connectivity index (χ3n) is 11.0. The van der Waals surface area contributed by atoms with Crippen molar-refractivity contribution in [3.8, 4) is 28.3 Å². The quantitative estimate of drug-likeness (QED) is 0.181. The number of alkyl halides is 2. The molecule has 2 saturated heterocycles. The van der Waals surface area contributed by atoms with Gasteiger partial charge in [-0.3, -0.25) is 18.8 Å². The minimum atomic E-state index is -3.09. The Kier molecular flexibility index (Phi) is 9.71. The van der Waals surface area contributed by atoms with E-state index in [9.17, 15) is 28.3 Å². The number of rotatable bonds is 9. The molecule has 2 aliphatic heterocycles. The second-order valence-corrected chi connectivity index (χ2v) is 15.1. The van der Waals surface area contributed by atoms with Gasteiger partial charge in [0.05, 0.1) is 40.7 Å². The summed E-state index contributed by atoms with van der Waals surface area (Å²) in [6, 6.07) is 12.5. The van der Waals surface area contributed by atoms with Crippen molar-refractivity contribution in [3.05, 3.63) is 90.3 Å². The number of fused-ring (bicyclic) bond motifs is 2. The van der Waals surface area contributed by atoms with Crippen molar-refractivity contribution < 1.29 is 23.4 Å². The fourth-order valence-electron chi connectivity index (χ4n) is 8.29. The van der Waals surface area contributed by atoms with E-state index in [1.165, 1.54) is 14.1 Å². The maximum Gasteiger partial charge on any atom is 0.332 e. The van der Waals surface area contributed by atoms with Gasteiger partial charge in [0.1, 0.15) is 11.2 Å². The van der Waals surface area contributed by atoms with Crippen LogP contribution in [0.15, 0.2) is 52.1 Å². The van der Waals surface area contributed by atoms with Crippen molar-refractivity contribution in [3.63, 3.8) is 0 Å². The van der Waals surface area contributed by atoms with Crippen LogP contribution in [-0.2, 0) is 20.5 Å². The maximum atomic E-state index is 13.9. The first kappa shape index (κ1) is 37.7. The molecule has 56 heavy (non-hydrogen) atoms. The lowest BCUT2D eigenvalue weighted by Crippen LogP contribution is -2.46. The van der Waals surface area contributed by atoms with Crippen molar-refractivity contribution in [2.45, 2.75) is 37.3 Å². The van der Waals surface area contributed by atoms with Gasteiger partial charge in [-0.1, -0.05) is 53.5 Å². The Labute approximate surface area is 328 Å². The smallest absolute Gasteiger partial charge is 0.332 e. The third kappa shape index (κ3) is 6.24. The Bertz CT molecular complexity index is 2550. The number of urea groups is 1. The fourth-order valence-corrected chi connectivity index (χ4v) is 8.89. The number of methoxy groups -OCH3 is 1. The lowest BCUT2D eigenvalue weighted by atomic mass is 9.99. The topological polar surface area (TPSA) is 160 Å². The van der Waals surface area contributed by atoms with Gasteiger partial charge in [-0.25, -0.2) is 33.3 Å². The number of nitrogens with zero attached hydrogens (tertiary/aromatic N) is 7. The SMILES string of the molecule is COc1nc(-c2cccc(-c3cccc(Nc4nc(C(F)F)nc5c4c(=O)n(C)c(=O)n5C)c3Cl)c2Cl)cc2c1[C@H](N1CC[C@]3(CN(CCO)C(=O)N3)C1)CC2. The number of aromatic nitrogens is 5. The van der Waals surface area contributed by atoms with Crippen molar-refractivity contribution in [1.29, 1.82) is 0 Å². The average molecular weight is 809 g/mol. The number of ether oxygens (including phenoxy) is 1. The van der Waals surface area contributed by atoms with Crippen LogP contribution in [0.3, 0.4) is 0 Å². The molecular formula is C38H37Cl2F2N9O5. The summed E-state index contributed by atoms with van der Waals surface area (Å²) < 4.78 is 35.6.